The summed E-state index contributed by atoms with van der Waals surface area (Å²) in [5.41, 5.74) is 0.163. The molecule has 0 aliphatic heterocycles. The molecule has 1 fully saturated rings. The highest BCUT2D eigenvalue weighted by atomic mass is 15.0. The van der Waals surface area contributed by atoms with E-state index in [-0.39, 0.29) is 11.6 Å². The van der Waals surface area contributed by atoms with Gasteiger partial charge >= 0.3 is 0 Å². The molecule has 0 spiro atoms. The van der Waals surface area contributed by atoms with Gasteiger partial charge in [0.1, 0.15) is 0 Å². The first kappa shape index (κ1) is 9.54. The fourth-order valence-corrected chi connectivity index (χ4v) is 1.60. The third-order valence-corrected chi connectivity index (χ3v) is 2.71. The van der Waals surface area contributed by atoms with Crippen molar-refractivity contribution in [1.82, 2.24) is 5.32 Å². The summed E-state index contributed by atoms with van der Waals surface area (Å²) in [5.74, 6) is 0.792. The second-order valence-electron chi connectivity index (χ2n) is 4.23. The van der Waals surface area contributed by atoms with E-state index in [9.17, 15) is 0 Å². The SMILES string of the molecule is CCC(C#N)NC(C)(C)C1CC1. The van der Waals surface area contributed by atoms with Crippen molar-refractivity contribution < 1.29 is 0 Å². The molecule has 0 saturated heterocycles. The standard InChI is InChI=1S/C10H18N2/c1-4-9(7-11)12-10(2,3)8-5-6-8/h8-9,12H,4-6H2,1-3H3. The molecule has 0 aromatic heterocycles. The zero-order valence-electron chi connectivity index (χ0n) is 8.22. The average Bonchev–Trinajstić information content (AvgIpc) is 2.82. The minimum Gasteiger partial charge on any atom is -0.297 e. The molecule has 0 bridgehead atoms. The summed E-state index contributed by atoms with van der Waals surface area (Å²) in [5, 5.41) is 12.2. The minimum absolute atomic E-state index is 0.0283. The van der Waals surface area contributed by atoms with Crippen LogP contribution in [0.15, 0.2) is 0 Å². The third-order valence-electron chi connectivity index (χ3n) is 2.71. The lowest BCUT2D eigenvalue weighted by Crippen LogP contribution is -2.46. The zero-order chi connectivity index (χ0) is 9.19. The number of nitrogens with one attached hydrogen (secondary N) is 1. The van der Waals surface area contributed by atoms with Gasteiger partial charge in [-0.1, -0.05) is 6.92 Å². The molecule has 12 heavy (non-hydrogen) atoms. The van der Waals surface area contributed by atoms with Crippen LogP contribution in [0.3, 0.4) is 0 Å². The Kier molecular flexibility index (Phi) is 2.74. The van der Waals surface area contributed by atoms with Crippen molar-refractivity contribution in [1.29, 1.82) is 5.26 Å². The molecule has 1 aliphatic carbocycles. The summed E-state index contributed by atoms with van der Waals surface area (Å²) in [4.78, 5) is 0. The summed E-state index contributed by atoms with van der Waals surface area (Å²) in [7, 11) is 0. The van der Waals surface area contributed by atoms with E-state index < -0.39 is 0 Å². The van der Waals surface area contributed by atoms with Crippen LogP contribution in [0.4, 0.5) is 0 Å². The average molecular weight is 166 g/mol. The first-order chi connectivity index (χ1) is 5.60. The molecule has 68 valence electrons. The van der Waals surface area contributed by atoms with Crippen LogP contribution >= 0.6 is 0 Å². The third kappa shape index (κ3) is 2.22. The van der Waals surface area contributed by atoms with Gasteiger partial charge in [-0.2, -0.15) is 5.26 Å². The van der Waals surface area contributed by atoms with Gasteiger partial charge in [0.25, 0.3) is 0 Å². The van der Waals surface area contributed by atoms with Gasteiger partial charge in [0.2, 0.25) is 0 Å². The first-order valence-electron chi connectivity index (χ1n) is 4.77. The van der Waals surface area contributed by atoms with Crippen LogP contribution in [0.25, 0.3) is 0 Å². The van der Waals surface area contributed by atoms with E-state index in [1.54, 1.807) is 0 Å². The molecule has 0 heterocycles. The lowest BCUT2D eigenvalue weighted by molar-refractivity contribution is 0.317. The van der Waals surface area contributed by atoms with Crippen LogP contribution in [0.5, 0.6) is 0 Å². The Balaban J connectivity index is 2.42. The molecular weight excluding hydrogens is 148 g/mol. The van der Waals surface area contributed by atoms with Crippen LogP contribution < -0.4 is 5.32 Å². The molecule has 1 atom stereocenters. The molecule has 0 aromatic rings. The first-order valence-corrected chi connectivity index (χ1v) is 4.77. The van der Waals surface area contributed by atoms with Crippen molar-refractivity contribution in [2.45, 2.75) is 51.6 Å². The van der Waals surface area contributed by atoms with Crippen molar-refractivity contribution >= 4 is 0 Å². The van der Waals surface area contributed by atoms with Gasteiger partial charge in [0.15, 0.2) is 0 Å². The predicted molar refractivity (Wildman–Crippen MR) is 49.6 cm³/mol. The molecule has 0 amide bonds. The molecule has 1 aliphatic rings. The molecule has 0 radical (unpaired) electrons. The Labute approximate surface area is 75.0 Å². The maximum atomic E-state index is 8.78. The number of nitriles is 1. The van der Waals surface area contributed by atoms with Crippen LogP contribution in [0.2, 0.25) is 0 Å². The van der Waals surface area contributed by atoms with E-state index >= 15 is 0 Å². The maximum absolute atomic E-state index is 8.78. The highest BCUT2D eigenvalue weighted by Crippen LogP contribution is 2.39. The van der Waals surface area contributed by atoms with E-state index in [1.165, 1.54) is 12.8 Å². The Bertz CT molecular complexity index is 187. The fraction of sp³-hybridized carbons (Fsp3) is 0.900. The van der Waals surface area contributed by atoms with Crippen LogP contribution in [-0.4, -0.2) is 11.6 Å². The second kappa shape index (κ2) is 3.45. The van der Waals surface area contributed by atoms with Crippen LogP contribution in [0.1, 0.15) is 40.0 Å². The topological polar surface area (TPSA) is 35.8 Å². The van der Waals surface area contributed by atoms with Crippen molar-refractivity contribution in [3.63, 3.8) is 0 Å². The van der Waals surface area contributed by atoms with E-state index in [0.29, 0.717) is 0 Å². The van der Waals surface area contributed by atoms with Crippen LogP contribution in [-0.2, 0) is 0 Å². The summed E-state index contributed by atoms with van der Waals surface area (Å²) in [6.45, 7) is 6.44. The molecule has 1 saturated carbocycles. The van der Waals surface area contributed by atoms with Crippen molar-refractivity contribution in [3.05, 3.63) is 0 Å². The lowest BCUT2D eigenvalue weighted by atomic mass is 9.97. The molecule has 1 N–H and O–H groups in total. The van der Waals surface area contributed by atoms with Gasteiger partial charge in [0.05, 0.1) is 12.1 Å². The largest absolute Gasteiger partial charge is 0.297 e. The quantitative estimate of drug-likeness (QED) is 0.694. The van der Waals surface area contributed by atoms with Gasteiger partial charge in [-0.05, 0) is 39.0 Å². The van der Waals surface area contributed by atoms with E-state index in [4.69, 9.17) is 5.26 Å². The number of nitrogens with zero attached hydrogens (tertiary/aromatic N) is 1. The summed E-state index contributed by atoms with van der Waals surface area (Å²) >= 11 is 0. The lowest BCUT2D eigenvalue weighted by Gasteiger charge is -2.28. The molecule has 2 nitrogen and oxygen atoms in total. The van der Waals surface area contributed by atoms with Crippen molar-refractivity contribution in [3.8, 4) is 6.07 Å². The van der Waals surface area contributed by atoms with Crippen molar-refractivity contribution in [2.24, 2.45) is 5.92 Å². The van der Waals surface area contributed by atoms with Crippen molar-refractivity contribution in [2.75, 3.05) is 0 Å². The fourth-order valence-electron chi connectivity index (χ4n) is 1.60. The molecule has 1 rings (SSSR count). The minimum atomic E-state index is 0.0283. The molecule has 1 unspecified atom stereocenters. The zero-order valence-corrected chi connectivity index (χ0v) is 8.22. The Hall–Kier alpha value is -0.550. The summed E-state index contributed by atoms with van der Waals surface area (Å²) in [6, 6.07) is 2.31. The number of rotatable bonds is 4. The highest BCUT2D eigenvalue weighted by Gasteiger charge is 2.38. The smallest absolute Gasteiger partial charge is 0.0954 e. The number of hydrogen-bond acceptors (Lipinski definition) is 2. The molecular formula is C10H18N2. The Morgan fingerprint density at radius 2 is 2.17 bits per heavy atom. The van der Waals surface area contributed by atoms with Gasteiger partial charge in [-0.25, -0.2) is 0 Å². The molecule has 2 heteroatoms. The van der Waals surface area contributed by atoms with E-state index in [0.717, 1.165) is 12.3 Å². The van der Waals surface area contributed by atoms with Gasteiger partial charge in [0, 0.05) is 5.54 Å². The van der Waals surface area contributed by atoms with E-state index in [1.807, 2.05) is 6.92 Å². The maximum Gasteiger partial charge on any atom is 0.0954 e. The monoisotopic (exact) mass is 166 g/mol. The van der Waals surface area contributed by atoms with Gasteiger partial charge < -0.3 is 0 Å². The van der Waals surface area contributed by atoms with Crippen LogP contribution in [0, 0.1) is 17.2 Å². The Morgan fingerprint density at radius 1 is 1.58 bits per heavy atom. The summed E-state index contributed by atoms with van der Waals surface area (Å²) < 4.78 is 0. The molecule has 0 aromatic carbocycles. The second-order valence-corrected chi connectivity index (χ2v) is 4.23. The van der Waals surface area contributed by atoms with E-state index in [2.05, 4.69) is 25.2 Å². The van der Waals surface area contributed by atoms with Gasteiger partial charge in [-0.15, -0.1) is 0 Å². The predicted octanol–water partition coefficient (Wildman–Crippen LogP) is 2.07. The normalized spacial score (nSPS) is 20.2. The summed E-state index contributed by atoms with van der Waals surface area (Å²) in [6.07, 6.45) is 3.54. The highest BCUT2D eigenvalue weighted by molar-refractivity contribution is 5.00. The van der Waals surface area contributed by atoms with Gasteiger partial charge in [-0.3, -0.25) is 5.32 Å². The number of hydrogen-bond donors (Lipinski definition) is 1. The Morgan fingerprint density at radius 3 is 2.50 bits per heavy atom.